The lowest BCUT2D eigenvalue weighted by molar-refractivity contribution is -0.143. The normalized spacial score (nSPS) is 23.0. The average Bonchev–Trinajstić information content (AvgIpc) is 1.85. The Morgan fingerprint density at radius 2 is 2.00 bits per heavy atom. The summed E-state index contributed by atoms with van der Waals surface area (Å²) < 4.78 is 0. The number of hydrogen-bond acceptors (Lipinski definition) is 3. The topological polar surface area (TPSA) is 69.6 Å². The van der Waals surface area contributed by atoms with E-state index in [9.17, 15) is 9.90 Å². The van der Waals surface area contributed by atoms with Crippen molar-refractivity contribution in [1.29, 1.82) is 0 Å². The Labute approximate surface area is 65.2 Å². The van der Waals surface area contributed by atoms with Gasteiger partial charge in [0.2, 0.25) is 0 Å². The summed E-state index contributed by atoms with van der Waals surface area (Å²) in [7, 11) is 0. The summed E-state index contributed by atoms with van der Waals surface area (Å²) in [4.78, 5) is 10.3. The van der Waals surface area contributed by atoms with Crippen LogP contribution in [0.25, 0.3) is 0 Å². The van der Waals surface area contributed by atoms with Crippen LogP contribution < -0.4 is 5.32 Å². The largest absolute Gasteiger partial charge is 0.481 e. The molecule has 0 aromatic heterocycles. The highest BCUT2D eigenvalue weighted by Crippen LogP contribution is 2.21. The highest BCUT2D eigenvalue weighted by Gasteiger charge is 2.31. The van der Waals surface area contributed by atoms with Crippen LogP contribution in [0, 0.1) is 0 Å². The number of aliphatic carboxylic acids is 1. The molecule has 1 heterocycles. The van der Waals surface area contributed by atoms with Crippen LogP contribution >= 0.6 is 0 Å². The minimum absolute atomic E-state index is 0.130. The minimum Gasteiger partial charge on any atom is -0.481 e. The van der Waals surface area contributed by atoms with E-state index in [1.54, 1.807) is 0 Å². The van der Waals surface area contributed by atoms with Gasteiger partial charge in [0, 0.05) is 0 Å². The molecular formula is C7H13NO3. The lowest BCUT2D eigenvalue weighted by Gasteiger charge is -2.30. The molecule has 0 atom stereocenters. The number of carboxylic acids is 1. The molecule has 4 heteroatoms. The Hall–Kier alpha value is -0.610. The van der Waals surface area contributed by atoms with Crippen LogP contribution in [0.5, 0.6) is 0 Å². The van der Waals surface area contributed by atoms with Gasteiger partial charge in [0.05, 0.1) is 12.0 Å². The SMILES string of the molecule is O=C(O)CC1(O)CCNCC1. The summed E-state index contributed by atoms with van der Waals surface area (Å²) in [6, 6.07) is 0. The predicted molar refractivity (Wildman–Crippen MR) is 39.3 cm³/mol. The van der Waals surface area contributed by atoms with E-state index < -0.39 is 11.6 Å². The molecule has 1 rings (SSSR count). The molecule has 0 aromatic carbocycles. The summed E-state index contributed by atoms with van der Waals surface area (Å²) in [5.41, 5.74) is -0.961. The number of hydrogen-bond donors (Lipinski definition) is 3. The van der Waals surface area contributed by atoms with Gasteiger partial charge in [-0.3, -0.25) is 4.79 Å². The molecule has 0 bridgehead atoms. The van der Waals surface area contributed by atoms with Gasteiger partial charge >= 0.3 is 5.97 Å². The van der Waals surface area contributed by atoms with Crippen molar-refractivity contribution in [2.24, 2.45) is 0 Å². The standard InChI is InChI=1S/C7H13NO3/c9-6(10)5-7(11)1-3-8-4-2-7/h8,11H,1-5H2,(H,9,10). The number of aliphatic hydroxyl groups is 1. The maximum Gasteiger partial charge on any atom is 0.306 e. The molecule has 0 amide bonds. The first kappa shape index (κ1) is 8.49. The zero-order valence-corrected chi connectivity index (χ0v) is 6.34. The van der Waals surface area contributed by atoms with Crippen LogP contribution in [0.1, 0.15) is 19.3 Å². The van der Waals surface area contributed by atoms with Crippen LogP contribution in [-0.4, -0.2) is 34.9 Å². The number of carbonyl (C=O) groups is 1. The van der Waals surface area contributed by atoms with Crippen molar-refractivity contribution in [2.45, 2.75) is 24.9 Å². The lowest BCUT2D eigenvalue weighted by atomic mass is 9.89. The number of piperidine rings is 1. The average molecular weight is 159 g/mol. The van der Waals surface area contributed by atoms with Gasteiger partial charge in [0.25, 0.3) is 0 Å². The maximum atomic E-state index is 10.3. The second kappa shape index (κ2) is 3.19. The molecule has 0 unspecified atom stereocenters. The third-order valence-corrected chi connectivity index (χ3v) is 2.01. The van der Waals surface area contributed by atoms with E-state index in [-0.39, 0.29) is 6.42 Å². The fraction of sp³-hybridized carbons (Fsp3) is 0.857. The van der Waals surface area contributed by atoms with Crippen LogP contribution in [0.4, 0.5) is 0 Å². The smallest absolute Gasteiger partial charge is 0.306 e. The Morgan fingerprint density at radius 3 is 2.45 bits per heavy atom. The maximum absolute atomic E-state index is 10.3. The van der Waals surface area contributed by atoms with Gasteiger partial charge in [-0.15, -0.1) is 0 Å². The van der Waals surface area contributed by atoms with Gasteiger partial charge < -0.3 is 15.5 Å². The fourth-order valence-electron chi connectivity index (χ4n) is 1.35. The van der Waals surface area contributed by atoms with Crippen molar-refractivity contribution >= 4 is 5.97 Å². The molecule has 1 aliphatic rings. The molecule has 0 radical (unpaired) electrons. The molecule has 1 aliphatic heterocycles. The molecule has 0 saturated carbocycles. The molecule has 64 valence electrons. The first-order chi connectivity index (χ1) is 5.12. The predicted octanol–water partition coefficient (Wildman–Crippen LogP) is -0.424. The number of nitrogens with one attached hydrogen (secondary N) is 1. The van der Waals surface area contributed by atoms with E-state index in [0.717, 1.165) is 0 Å². The molecule has 0 aliphatic carbocycles. The summed E-state index contributed by atoms with van der Waals surface area (Å²) in [5, 5.41) is 21.1. The monoisotopic (exact) mass is 159 g/mol. The van der Waals surface area contributed by atoms with Crippen LogP contribution in [-0.2, 0) is 4.79 Å². The Bertz CT molecular complexity index is 152. The van der Waals surface area contributed by atoms with Gasteiger partial charge in [-0.1, -0.05) is 0 Å². The molecule has 11 heavy (non-hydrogen) atoms. The fourth-order valence-corrected chi connectivity index (χ4v) is 1.35. The van der Waals surface area contributed by atoms with E-state index in [1.807, 2.05) is 0 Å². The summed E-state index contributed by atoms with van der Waals surface area (Å²) in [6.45, 7) is 1.42. The van der Waals surface area contributed by atoms with E-state index in [2.05, 4.69) is 5.32 Å². The first-order valence-corrected chi connectivity index (χ1v) is 3.77. The van der Waals surface area contributed by atoms with Crippen molar-refractivity contribution in [1.82, 2.24) is 5.32 Å². The third-order valence-electron chi connectivity index (χ3n) is 2.01. The van der Waals surface area contributed by atoms with Crippen molar-refractivity contribution in [2.75, 3.05) is 13.1 Å². The van der Waals surface area contributed by atoms with E-state index in [0.29, 0.717) is 25.9 Å². The van der Waals surface area contributed by atoms with E-state index >= 15 is 0 Å². The lowest BCUT2D eigenvalue weighted by Crippen LogP contribution is -2.43. The van der Waals surface area contributed by atoms with E-state index in [4.69, 9.17) is 5.11 Å². The summed E-state index contributed by atoms with van der Waals surface area (Å²) in [5.74, 6) is -0.922. The zero-order chi connectivity index (χ0) is 8.32. The van der Waals surface area contributed by atoms with Crippen molar-refractivity contribution in [3.63, 3.8) is 0 Å². The summed E-state index contributed by atoms with van der Waals surface area (Å²) in [6.07, 6.45) is 0.952. The Balaban J connectivity index is 2.43. The third kappa shape index (κ3) is 2.48. The Kier molecular flexibility index (Phi) is 2.46. The first-order valence-electron chi connectivity index (χ1n) is 3.77. The van der Waals surface area contributed by atoms with E-state index in [1.165, 1.54) is 0 Å². The van der Waals surface area contributed by atoms with Gasteiger partial charge in [-0.05, 0) is 25.9 Å². The second-order valence-electron chi connectivity index (χ2n) is 3.04. The van der Waals surface area contributed by atoms with Gasteiger partial charge in [0.1, 0.15) is 0 Å². The van der Waals surface area contributed by atoms with Gasteiger partial charge in [-0.25, -0.2) is 0 Å². The van der Waals surface area contributed by atoms with Crippen LogP contribution in [0.2, 0.25) is 0 Å². The highest BCUT2D eigenvalue weighted by atomic mass is 16.4. The number of rotatable bonds is 2. The molecule has 4 nitrogen and oxygen atoms in total. The van der Waals surface area contributed by atoms with Gasteiger partial charge in [-0.2, -0.15) is 0 Å². The molecule has 1 fully saturated rings. The van der Waals surface area contributed by atoms with Crippen molar-refractivity contribution < 1.29 is 15.0 Å². The second-order valence-corrected chi connectivity index (χ2v) is 3.04. The molecule has 0 spiro atoms. The molecule has 0 aromatic rings. The van der Waals surface area contributed by atoms with Crippen molar-refractivity contribution in [3.05, 3.63) is 0 Å². The van der Waals surface area contributed by atoms with Gasteiger partial charge in [0.15, 0.2) is 0 Å². The zero-order valence-electron chi connectivity index (χ0n) is 6.34. The molecular weight excluding hydrogens is 146 g/mol. The Morgan fingerprint density at radius 1 is 1.45 bits per heavy atom. The molecule has 3 N–H and O–H groups in total. The van der Waals surface area contributed by atoms with Crippen LogP contribution in [0.3, 0.4) is 0 Å². The summed E-state index contributed by atoms with van der Waals surface area (Å²) >= 11 is 0. The molecule has 1 saturated heterocycles. The highest BCUT2D eigenvalue weighted by molar-refractivity contribution is 5.68. The van der Waals surface area contributed by atoms with Crippen molar-refractivity contribution in [3.8, 4) is 0 Å². The van der Waals surface area contributed by atoms with Crippen LogP contribution in [0.15, 0.2) is 0 Å². The minimum atomic E-state index is -0.961. The quantitative estimate of drug-likeness (QED) is 0.511. The number of carboxylic acid groups (broad SMARTS) is 1.